The van der Waals surface area contributed by atoms with Gasteiger partial charge < -0.3 is 5.32 Å². The minimum Gasteiger partial charge on any atom is -0.317 e. The summed E-state index contributed by atoms with van der Waals surface area (Å²) in [5.41, 5.74) is 3.58. The molecule has 0 aliphatic carbocycles. The minimum atomic E-state index is 0.732. The minimum absolute atomic E-state index is 0.732. The Morgan fingerprint density at radius 1 is 1.22 bits per heavy atom. The first kappa shape index (κ1) is 11.7. The Balaban J connectivity index is 1.77. The molecule has 1 saturated heterocycles. The van der Waals surface area contributed by atoms with Gasteiger partial charge in [-0.1, -0.05) is 18.2 Å². The van der Waals surface area contributed by atoms with Gasteiger partial charge in [0.2, 0.25) is 0 Å². The quantitative estimate of drug-likeness (QED) is 0.761. The fourth-order valence-corrected chi connectivity index (χ4v) is 3.12. The van der Waals surface area contributed by atoms with Crippen molar-refractivity contribution in [1.29, 1.82) is 0 Å². The third kappa shape index (κ3) is 2.27. The molecule has 0 radical (unpaired) electrons. The lowest BCUT2D eigenvalue weighted by Gasteiger charge is -2.38. The molecule has 2 aliphatic heterocycles. The lowest BCUT2D eigenvalue weighted by Crippen LogP contribution is -2.45. The van der Waals surface area contributed by atoms with Crippen molar-refractivity contribution in [3.8, 4) is 0 Å². The fraction of sp³-hybridized carbons (Fsp3) is 0.533. The van der Waals surface area contributed by atoms with Gasteiger partial charge in [-0.3, -0.25) is 4.90 Å². The van der Waals surface area contributed by atoms with E-state index >= 15 is 0 Å². The molecule has 0 atom stereocenters. The van der Waals surface area contributed by atoms with Gasteiger partial charge in [0, 0.05) is 19.1 Å². The van der Waals surface area contributed by atoms with Crippen molar-refractivity contribution in [3.05, 3.63) is 40.7 Å². The number of nitrogens with one attached hydrogen (secondary N) is 1. The SMILES string of the molecule is [C-]#[N+]c1ccc2c(c1)CN(C1CCNCC1)CC2. The largest absolute Gasteiger partial charge is 0.317 e. The summed E-state index contributed by atoms with van der Waals surface area (Å²) >= 11 is 0. The molecule has 1 aromatic carbocycles. The zero-order chi connectivity index (χ0) is 12.4. The monoisotopic (exact) mass is 241 g/mol. The number of nitrogens with zero attached hydrogens (tertiary/aromatic N) is 2. The summed E-state index contributed by atoms with van der Waals surface area (Å²) in [5, 5.41) is 3.42. The topological polar surface area (TPSA) is 19.6 Å². The molecule has 0 aromatic heterocycles. The molecule has 0 saturated carbocycles. The van der Waals surface area contributed by atoms with Crippen LogP contribution in [0.15, 0.2) is 18.2 Å². The molecule has 0 amide bonds. The standard InChI is InChI=1S/C15H19N3/c1-16-14-3-2-12-6-9-18(11-13(12)10-14)15-4-7-17-8-5-15/h2-3,10,15,17H,4-9,11H2. The van der Waals surface area contributed by atoms with E-state index in [0.29, 0.717) is 0 Å². The van der Waals surface area contributed by atoms with E-state index < -0.39 is 0 Å². The maximum Gasteiger partial charge on any atom is 0.187 e. The molecule has 3 nitrogen and oxygen atoms in total. The van der Waals surface area contributed by atoms with Gasteiger partial charge in [0.1, 0.15) is 0 Å². The molecule has 0 bridgehead atoms. The van der Waals surface area contributed by atoms with Gasteiger partial charge in [-0.25, -0.2) is 4.85 Å². The molecule has 0 spiro atoms. The van der Waals surface area contributed by atoms with Crippen molar-refractivity contribution < 1.29 is 0 Å². The van der Waals surface area contributed by atoms with E-state index in [1.54, 1.807) is 0 Å². The molecular weight excluding hydrogens is 222 g/mol. The fourth-order valence-electron chi connectivity index (χ4n) is 3.12. The predicted octanol–water partition coefficient (Wildman–Crippen LogP) is 2.35. The van der Waals surface area contributed by atoms with Crippen LogP contribution in [0, 0.1) is 6.57 Å². The van der Waals surface area contributed by atoms with E-state index in [1.165, 1.54) is 30.5 Å². The van der Waals surface area contributed by atoms with Gasteiger partial charge in [0.05, 0.1) is 6.57 Å². The smallest absolute Gasteiger partial charge is 0.187 e. The van der Waals surface area contributed by atoms with Gasteiger partial charge in [0.15, 0.2) is 5.69 Å². The predicted molar refractivity (Wildman–Crippen MR) is 72.7 cm³/mol. The average Bonchev–Trinajstić information content (AvgIpc) is 2.47. The van der Waals surface area contributed by atoms with Crippen LogP contribution < -0.4 is 5.32 Å². The van der Waals surface area contributed by atoms with Crippen LogP contribution in [0.4, 0.5) is 5.69 Å². The Labute approximate surface area is 109 Å². The Morgan fingerprint density at radius 3 is 2.83 bits per heavy atom. The van der Waals surface area contributed by atoms with E-state index in [4.69, 9.17) is 6.57 Å². The molecule has 2 aliphatic rings. The maximum atomic E-state index is 7.11. The first-order valence-corrected chi connectivity index (χ1v) is 6.81. The van der Waals surface area contributed by atoms with Crippen LogP contribution in [0.1, 0.15) is 24.0 Å². The van der Waals surface area contributed by atoms with Crippen LogP contribution in [0.3, 0.4) is 0 Å². The van der Waals surface area contributed by atoms with Crippen molar-refractivity contribution in [2.75, 3.05) is 19.6 Å². The lowest BCUT2D eigenvalue weighted by atomic mass is 9.95. The highest BCUT2D eigenvalue weighted by molar-refractivity contribution is 5.50. The van der Waals surface area contributed by atoms with Crippen LogP contribution >= 0.6 is 0 Å². The Kier molecular flexibility index (Phi) is 3.31. The van der Waals surface area contributed by atoms with E-state index in [-0.39, 0.29) is 0 Å². The number of rotatable bonds is 1. The Hall–Kier alpha value is -1.37. The second-order valence-corrected chi connectivity index (χ2v) is 5.27. The second kappa shape index (κ2) is 5.09. The normalized spacial score (nSPS) is 21.3. The molecule has 1 fully saturated rings. The third-order valence-electron chi connectivity index (χ3n) is 4.19. The van der Waals surface area contributed by atoms with Gasteiger partial charge in [-0.05, 0) is 43.5 Å². The van der Waals surface area contributed by atoms with Crippen molar-refractivity contribution in [3.63, 3.8) is 0 Å². The van der Waals surface area contributed by atoms with Crippen LogP contribution in [0.2, 0.25) is 0 Å². The Bertz CT molecular complexity index is 469. The van der Waals surface area contributed by atoms with Crippen LogP contribution in [-0.2, 0) is 13.0 Å². The first-order valence-electron chi connectivity index (χ1n) is 6.81. The molecule has 1 N–H and O–H groups in total. The summed E-state index contributed by atoms with van der Waals surface area (Å²) in [6.07, 6.45) is 3.66. The molecular formula is C15H19N3. The van der Waals surface area contributed by atoms with E-state index in [9.17, 15) is 0 Å². The summed E-state index contributed by atoms with van der Waals surface area (Å²) in [6, 6.07) is 6.90. The van der Waals surface area contributed by atoms with E-state index in [1.807, 2.05) is 6.07 Å². The van der Waals surface area contributed by atoms with Crippen molar-refractivity contribution >= 4 is 5.69 Å². The molecule has 3 rings (SSSR count). The summed E-state index contributed by atoms with van der Waals surface area (Å²) in [6.45, 7) is 11.6. The van der Waals surface area contributed by atoms with Crippen LogP contribution in [0.5, 0.6) is 0 Å². The van der Waals surface area contributed by atoms with Crippen LogP contribution in [-0.4, -0.2) is 30.6 Å². The van der Waals surface area contributed by atoms with Gasteiger partial charge >= 0.3 is 0 Å². The lowest BCUT2D eigenvalue weighted by molar-refractivity contribution is 0.147. The van der Waals surface area contributed by atoms with Gasteiger partial charge in [0.25, 0.3) is 0 Å². The zero-order valence-electron chi connectivity index (χ0n) is 10.7. The van der Waals surface area contributed by atoms with Crippen molar-refractivity contribution in [2.45, 2.75) is 31.8 Å². The summed E-state index contributed by atoms with van der Waals surface area (Å²) in [7, 11) is 0. The van der Waals surface area contributed by atoms with Gasteiger partial charge in [-0.15, -0.1) is 0 Å². The molecule has 0 unspecified atom stereocenters. The number of benzene rings is 1. The van der Waals surface area contributed by atoms with Crippen molar-refractivity contribution in [1.82, 2.24) is 10.2 Å². The molecule has 94 valence electrons. The van der Waals surface area contributed by atoms with Crippen LogP contribution in [0.25, 0.3) is 4.85 Å². The zero-order valence-corrected chi connectivity index (χ0v) is 10.7. The van der Waals surface area contributed by atoms with Crippen molar-refractivity contribution in [2.24, 2.45) is 0 Å². The number of fused-ring (bicyclic) bond motifs is 1. The molecule has 2 heterocycles. The van der Waals surface area contributed by atoms with E-state index in [0.717, 1.165) is 37.8 Å². The van der Waals surface area contributed by atoms with E-state index in [2.05, 4.69) is 27.2 Å². The first-order chi connectivity index (χ1) is 8.86. The third-order valence-corrected chi connectivity index (χ3v) is 4.19. The molecule has 1 aromatic rings. The summed E-state index contributed by atoms with van der Waals surface area (Å²) < 4.78 is 0. The average molecular weight is 241 g/mol. The van der Waals surface area contributed by atoms with Gasteiger partial charge in [-0.2, -0.15) is 0 Å². The number of hydrogen-bond donors (Lipinski definition) is 1. The number of hydrogen-bond acceptors (Lipinski definition) is 2. The Morgan fingerprint density at radius 2 is 2.06 bits per heavy atom. The highest BCUT2D eigenvalue weighted by Crippen LogP contribution is 2.26. The highest BCUT2D eigenvalue weighted by atomic mass is 15.2. The highest BCUT2D eigenvalue weighted by Gasteiger charge is 2.24. The summed E-state index contributed by atoms with van der Waals surface area (Å²) in [4.78, 5) is 6.15. The summed E-state index contributed by atoms with van der Waals surface area (Å²) in [5.74, 6) is 0. The number of piperidine rings is 1. The maximum absolute atomic E-state index is 7.11. The molecule has 18 heavy (non-hydrogen) atoms. The molecule has 3 heteroatoms. The second-order valence-electron chi connectivity index (χ2n) is 5.27.